The van der Waals surface area contributed by atoms with E-state index < -0.39 is 0 Å². The Bertz CT molecular complexity index is 614. The van der Waals surface area contributed by atoms with Crippen molar-refractivity contribution in [2.75, 3.05) is 19.4 Å². The molecule has 0 amide bonds. The minimum absolute atomic E-state index is 0.331. The van der Waals surface area contributed by atoms with Crippen molar-refractivity contribution >= 4 is 11.8 Å². The summed E-state index contributed by atoms with van der Waals surface area (Å²) in [6.45, 7) is 3.23. The van der Waals surface area contributed by atoms with Gasteiger partial charge in [-0.05, 0) is 36.2 Å². The van der Waals surface area contributed by atoms with Crippen molar-refractivity contribution in [2.45, 2.75) is 23.8 Å². The van der Waals surface area contributed by atoms with Crippen molar-refractivity contribution in [1.82, 2.24) is 5.32 Å². The highest BCUT2D eigenvalue weighted by molar-refractivity contribution is 7.99. The van der Waals surface area contributed by atoms with Crippen molar-refractivity contribution in [1.29, 1.82) is 0 Å². The molecule has 2 nitrogen and oxygen atoms in total. The summed E-state index contributed by atoms with van der Waals surface area (Å²) in [4.78, 5) is 1.44. The molecule has 1 N–H and O–H groups in total. The van der Waals surface area contributed by atoms with Crippen LogP contribution in [-0.4, -0.2) is 19.4 Å². The fourth-order valence-electron chi connectivity index (χ4n) is 2.75. The Labute approximate surface area is 130 Å². The molecule has 0 radical (unpaired) electrons. The maximum absolute atomic E-state index is 5.30. The van der Waals surface area contributed by atoms with E-state index in [1.807, 2.05) is 23.9 Å². The summed E-state index contributed by atoms with van der Waals surface area (Å²) >= 11 is 1.97. The van der Waals surface area contributed by atoms with Crippen molar-refractivity contribution in [3.63, 3.8) is 0 Å². The largest absolute Gasteiger partial charge is 0.497 e. The monoisotopic (exact) mass is 299 g/mol. The van der Waals surface area contributed by atoms with Gasteiger partial charge in [-0.1, -0.05) is 30.3 Å². The number of nitrogens with one attached hydrogen (secondary N) is 1. The zero-order valence-corrected chi connectivity index (χ0v) is 13.3. The van der Waals surface area contributed by atoms with Gasteiger partial charge in [-0.3, -0.25) is 0 Å². The summed E-state index contributed by atoms with van der Waals surface area (Å²) in [7, 11) is 1.71. The third-order valence-corrected chi connectivity index (χ3v) is 5.31. The standard InChI is InChI=1S/C18H21NOS/c1-13(14-6-5-7-16(10-14)20-2)19-11-15-12-21-18-9-4-3-8-17(15)18/h3-10,13,15,19H,11-12H2,1-2H3/t13-,15?/m0/s1. The summed E-state index contributed by atoms with van der Waals surface area (Å²) in [5, 5.41) is 3.66. The maximum Gasteiger partial charge on any atom is 0.119 e. The molecule has 1 aliphatic heterocycles. The van der Waals surface area contributed by atoms with Crippen LogP contribution in [0.3, 0.4) is 0 Å². The van der Waals surface area contributed by atoms with Gasteiger partial charge in [0.25, 0.3) is 0 Å². The number of ether oxygens (including phenoxy) is 1. The van der Waals surface area contributed by atoms with Crippen LogP contribution >= 0.6 is 11.8 Å². The molecule has 0 saturated heterocycles. The SMILES string of the molecule is COc1cccc([C@H](C)NCC2CSc3ccccc32)c1. The van der Waals surface area contributed by atoms with E-state index in [4.69, 9.17) is 4.74 Å². The van der Waals surface area contributed by atoms with Gasteiger partial charge in [0.2, 0.25) is 0 Å². The Morgan fingerprint density at radius 3 is 2.95 bits per heavy atom. The molecule has 1 heterocycles. The van der Waals surface area contributed by atoms with E-state index in [0.29, 0.717) is 12.0 Å². The first-order valence-corrected chi connectivity index (χ1v) is 8.35. The molecule has 0 spiro atoms. The summed E-state index contributed by atoms with van der Waals surface area (Å²) in [6.07, 6.45) is 0. The fourth-order valence-corrected chi connectivity index (χ4v) is 4.00. The first kappa shape index (κ1) is 14.5. The molecule has 3 heteroatoms. The lowest BCUT2D eigenvalue weighted by molar-refractivity contribution is 0.413. The van der Waals surface area contributed by atoms with Crippen LogP contribution in [0.25, 0.3) is 0 Å². The van der Waals surface area contributed by atoms with Gasteiger partial charge in [-0.2, -0.15) is 0 Å². The fraction of sp³-hybridized carbons (Fsp3) is 0.333. The van der Waals surface area contributed by atoms with E-state index in [0.717, 1.165) is 12.3 Å². The van der Waals surface area contributed by atoms with E-state index in [-0.39, 0.29) is 0 Å². The Hall–Kier alpha value is -1.45. The van der Waals surface area contributed by atoms with E-state index in [2.05, 4.69) is 48.6 Å². The van der Waals surface area contributed by atoms with E-state index in [1.54, 1.807) is 7.11 Å². The summed E-state index contributed by atoms with van der Waals surface area (Å²) in [5.74, 6) is 2.71. The van der Waals surface area contributed by atoms with Gasteiger partial charge in [0.15, 0.2) is 0 Å². The Morgan fingerprint density at radius 1 is 1.24 bits per heavy atom. The zero-order chi connectivity index (χ0) is 14.7. The molecular weight excluding hydrogens is 278 g/mol. The lowest BCUT2D eigenvalue weighted by atomic mass is 10.0. The highest BCUT2D eigenvalue weighted by Gasteiger charge is 2.22. The van der Waals surface area contributed by atoms with Crippen LogP contribution in [-0.2, 0) is 0 Å². The molecule has 1 aliphatic rings. The number of methoxy groups -OCH3 is 1. The first-order chi connectivity index (χ1) is 10.3. The van der Waals surface area contributed by atoms with Crippen LogP contribution in [0.4, 0.5) is 0 Å². The topological polar surface area (TPSA) is 21.3 Å². The Balaban J connectivity index is 1.63. The number of thioether (sulfide) groups is 1. The number of rotatable bonds is 5. The highest BCUT2D eigenvalue weighted by Crippen LogP contribution is 2.39. The second kappa shape index (κ2) is 6.54. The normalized spacial score (nSPS) is 18.3. The molecule has 110 valence electrons. The number of hydrogen-bond donors (Lipinski definition) is 1. The van der Waals surface area contributed by atoms with Crippen LogP contribution in [0.15, 0.2) is 53.4 Å². The van der Waals surface area contributed by atoms with Crippen molar-refractivity contribution in [3.05, 3.63) is 59.7 Å². The summed E-state index contributed by atoms with van der Waals surface area (Å²) in [6, 6.07) is 17.4. The van der Waals surface area contributed by atoms with Crippen LogP contribution in [0.2, 0.25) is 0 Å². The predicted octanol–water partition coefficient (Wildman–Crippen LogP) is 4.24. The highest BCUT2D eigenvalue weighted by atomic mass is 32.2. The lowest BCUT2D eigenvalue weighted by Crippen LogP contribution is -2.24. The Kier molecular flexibility index (Phi) is 4.51. The number of hydrogen-bond acceptors (Lipinski definition) is 3. The molecule has 0 aliphatic carbocycles. The third kappa shape index (κ3) is 3.25. The molecule has 21 heavy (non-hydrogen) atoms. The Morgan fingerprint density at radius 2 is 2.10 bits per heavy atom. The average Bonchev–Trinajstić information content (AvgIpc) is 2.96. The first-order valence-electron chi connectivity index (χ1n) is 7.37. The smallest absolute Gasteiger partial charge is 0.119 e. The summed E-state index contributed by atoms with van der Waals surface area (Å²) < 4.78 is 5.30. The van der Waals surface area contributed by atoms with Crippen LogP contribution < -0.4 is 10.1 Å². The van der Waals surface area contributed by atoms with Gasteiger partial charge >= 0.3 is 0 Å². The molecule has 0 aromatic heterocycles. The average molecular weight is 299 g/mol. The van der Waals surface area contributed by atoms with Crippen LogP contribution in [0.5, 0.6) is 5.75 Å². The van der Waals surface area contributed by atoms with Gasteiger partial charge in [-0.15, -0.1) is 11.8 Å². The van der Waals surface area contributed by atoms with Crippen molar-refractivity contribution < 1.29 is 4.74 Å². The van der Waals surface area contributed by atoms with Crippen molar-refractivity contribution in [2.24, 2.45) is 0 Å². The van der Waals surface area contributed by atoms with Crippen LogP contribution in [0.1, 0.15) is 30.0 Å². The predicted molar refractivity (Wildman–Crippen MR) is 89.3 cm³/mol. The third-order valence-electron chi connectivity index (χ3n) is 4.06. The molecule has 0 saturated carbocycles. The van der Waals surface area contributed by atoms with Gasteiger partial charge in [-0.25, -0.2) is 0 Å². The van der Waals surface area contributed by atoms with Gasteiger partial charge in [0.1, 0.15) is 5.75 Å². The second-order valence-electron chi connectivity index (χ2n) is 5.45. The van der Waals surface area contributed by atoms with E-state index in [1.165, 1.54) is 21.8 Å². The molecule has 1 unspecified atom stereocenters. The minimum Gasteiger partial charge on any atom is -0.497 e. The molecule has 2 aromatic rings. The quantitative estimate of drug-likeness (QED) is 0.892. The van der Waals surface area contributed by atoms with Crippen molar-refractivity contribution in [3.8, 4) is 5.75 Å². The van der Waals surface area contributed by atoms with Gasteiger partial charge in [0, 0.05) is 29.2 Å². The molecule has 2 atom stereocenters. The number of fused-ring (bicyclic) bond motifs is 1. The second-order valence-corrected chi connectivity index (χ2v) is 6.51. The van der Waals surface area contributed by atoms with E-state index in [9.17, 15) is 0 Å². The summed E-state index contributed by atoms with van der Waals surface area (Å²) in [5.41, 5.74) is 2.76. The van der Waals surface area contributed by atoms with Gasteiger partial charge in [0.05, 0.1) is 7.11 Å². The molecule has 0 fully saturated rings. The molecule has 0 bridgehead atoms. The minimum atomic E-state index is 0.331. The lowest BCUT2D eigenvalue weighted by Gasteiger charge is -2.18. The molecular formula is C18H21NOS. The molecule has 3 rings (SSSR count). The zero-order valence-electron chi connectivity index (χ0n) is 12.5. The van der Waals surface area contributed by atoms with Gasteiger partial charge < -0.3 is 10.1 Å². The number of benzene rings is 2. The van der Waals surface area contributed by atoms with E-state index >= 15 is 0 Å². The maximum atomic E-state index is 5.30. The molecule has 2 aromatic carbocycles. The van der Waals surface area contributed by atoms with Crippen LogP contribution in [0, 0.1) is 0 Å².